The summed E-state index contributed by atoms with van der Waals surface area (Å²) >= 11 is 0. The number of hydrogen-bond donors (Lipinski definition) is 2. The maximum Gasteiger partial charge on any atom is 0.347 e. The van der Waals surface area contributed by atoms with Crippen molar-refractivity contribution in [1.82, 2.24) is 0 Å². The van der Waals surface area contributed by atoms with Crippen LogP contribution in [0.15, 0.2) is 71.8 Å². The first-order chi connectivity index (χ1) is 14.5. The van der Waals surface area contributed by atoms with Crippen LogP contribution in [0.1, 0.15) is 15.9 Å². The summed E-state index contributed by atoms with van der Waals surface area (Å²) in [5.74, 6) is -0.545. The molecule has 0 aliphatic rings. The van der Waals surface area contributed by atoms with Gasteiger partial charge in [-0.15, -0.1) is 0 Å². The van der Waals surface area contributed by atoms with E-state index in [1.54, 1.807) is 30.3 Å². The lowest BCUT2D eigenvalue weighted by Crippen LogP contribution is -2.10. The summed E-state index contributed by atoms with van der Waals surface area (Å²) in [5.41, 5.74) is 4.04. The molecule has 9 heteroatoms. The molecular weight excluding hydrogens is 390 g/mol. The molecule has 0 unspecified atom stereocenters. The molecule has 0 heterocycles. The lowest BCUT2D eigenvalue weighted by atomic mass is 10.2. The summed E-state index contributed by atoms with van der Waals surface area (Å²) in [7, 11) is 1.45. The molecule has 0 aliphatic heterocycles. The van der Waals surface area contributed by atoms with Crippen molar-refractivity contribution < 1.29 is 24.3 Å². The molecule has 2 N–H and O–H groups in total. The summed E-state index contributed by atoms with van der Waals surface area (Å²) < 4.78 is 10.4. The Labute approximate surface area is 171 Å². The van der Waals surface area contributed by atoms with Crippen LogP contribution < -0.4 is 14.9 Å². The van der Waals surface area contributed by atoms with E-state index in [0.717, 1.165) is 0 Å². The molecular formula is C21H17N3O6. The highest BCUT2D eigenvalue weighted by atomic mass is 16.6. The summed E-state index contributed by atoms with van der Waals surface area (Å²) in [6.07, 6.45) is 1.44. The van der Waals surface area contributed by atoms with E-state index in [4.69, 9.17) is 9.47 Å². The Morgan fingerprint density at radius 2 is 1.83 bits per heavy atom. The SMILES string of the molecule is COc1ccccc1C(=O)Oc1ccc(C=NNc2ccc([N+](=O)[O-])cc2)cc1O. The van der Waals surface area contributed by atoms with Crippen molar-refractivity contribution in [3.05, 3.63) is 88.0 Å². The van der Waals surface area contributed by atoms with Crippen molar-refractivity contribution in [2.24, 2.45) is 5.10 Å². The van der Waals surface area contributed by atoms with Gasteiger partial charge in [0.15, 0.2) is 11.5 Å². The van der Waals surface area contributed by atoms with Gasteiger partial charge in [0, 0.05) is 12.1 Å². The predicted octanol–water partition coefficient (Wildman–Crippen LogP) is 3.97. The van der Waals surface area contributed by atoms with Crippen LogP contribution in [0.3, 0.4) is 0 Å². The first kappa shape index (κ1) is 20.3. The third kappa shape index (κ3) is 4.90. The summed E-state index contributed by atoms with van der Waals surface area (Å²) in [5, 5.41) is 24.8. The fourth-order valence-corrected chi connectivity index (χ4v) is 2.51. The summed E-state index contributed by atoms with van der Waals surface area (Å²) in [6.45, 7) is 0. The van der Waals surface area contributed by atoms with Crippen LogP contribution in [0.25, 0.3) is 0 Å². The van der Waals surface area contributed by atoms with Crippen molar-refractivity contribution in [3.8, 4) is 17.2 Å². The number of benzene rings is 3. The van der Waals surface area contributed by atoms with E-state index in [0.29, 0.717) is 17.0 Å². The van der Waals surface area contributed by atoms with Gasteiger partial charge in [0.25, 0.3) is 5.69 Å². The lowest BCUT2D eigenvalue weighted by Gasteiger charge is -2.09. The number of non-ortho nitro benzene ring substituents is 1. The molecule has 0 amide bonds. The van der Waals surface area contributed by atoms with E-state index in [2.05, 4.69) is 10.5 Å². The molecule has 0 saturated heterocycles. The van der Waals surface area contributed by atoms with E-state index in [9.17, 15) is 20.0 Å². The molecule has 0 aromatic heterocycles. The Bertz CT molecular complexity index is 1100. The molecule has 0 atom stereocenters. The number of nitrogens with zero attached hydrogens (tertiary/aromatic N) is 2. The van der Waals surface area contributed by atoms with Gasteiger partial charge in [-0.1, -0.05) is 12.1 Å². The van der Waals surface area contributed by atoms with E-state index in [1.165, 1.54) is 49.7 Å². The second-order valence-corrected chi connectivity index (χ2v) is 5.99. The molecule has 0 spiro atoms. The van der Waals surface area contributed by atoms with Crippen molar-refractivity contribution in [2.75, 3.05) is 12.5 Å². The number of hydrogen-bond acceptors (Lipinski definition) is 8. The maximum absolute atomic E-state index is 12.3. The number of phenolic OH excluding ortho intramolecular Hbond substituents is 1. The first-order valence-electron chi connectivity index (χ1n) is 8.69. The van der Waals surface area contributed by atoms with Gasteiger partial charge in [-0.25, -0.2) is 4.79 Å². The number of nitro benzene ring substituents is 1. The zero-order valence-electron chi connectivity index (χ0n) is 15.8. The number of phenols is 1. The molecule has 0 radical (unpaired) electrons. The highest BCUT2D eigenvalue weighted by Gasteiger charge is 2.16. The van der Waals surface area contributed by atoms with E-state index >= 15 is 0 Å². The minimum atomic E-state index is -0.663. The molecule has 0 fully saturated rings. The third-order valence-corrected chi connectivity index (χ3v) is 4.00. The Hall–Kier alpha value is -4.40. The highest BCUT2D eigenvalue weighted by Crippen LogP contribution is 2.28. The molecule has 3 rings (SSSR count). The van der Waals surface area contributed by atoms with Gasteiger partial charge in [0.05, 0.1) is 23.9 Å². The number of anilines is 1. The largest absolute Gasteiger partial charge is 0.504 e. The maximum atomic E-state index is 12.3. The molecule has 0 bridgehead atoms. The van der Waals surface area contributed by atoms with Gasteiger partial charge in [-0.3, -0.25) is 15.5 Å². The van der Waals surface area contributed by atoms with Gasteiger partial charge in [0.2, 0.25) is 0 Å². The van der Waals surface area contributed by atoms with Gasteiger partial charge in [0.1, 0.15) is 11.3 Å². The van der Waals surface area contributed by atoms with Crippen LogP contribution in [-0.2, 0) is 0 Å². The second kappa shape index (κ2) is 9.20. The summed E-state index contributed by atoms with van der Waals surface area (Å²) in [6, 6.07) is 16.8. The topological polar surface area (TPSA) is 123 Å². The van der Waals surface area contributed by atoms with Gasteiger partial charge in [-0.05, 0) is 48.0 Å². The van der Waals surface area contributed by atoms with Crippen LogP contribution in [0.2, 0.25) is 0 Å². The number of ether oxygens (including phenoxy) is 2. The van der Waals surface area contributed by atoms with Crippen molar-refractivity contribution in [1.29, 1.82) is 0 Å². The molecule has 3 aromatic carbocycles. The Morgan fingerprint density at radius 1 is 1.10 bits per heavy atom. The number of aromatic hydroxyl groups is 1. The van der Waals surface area contributed by atoms with Crippen molar-refractivity contribution >= 4 is 23.6 Å². The second-order valence-electron chi connectivity index (χ2n) is 5.99. The summed E-state index contributed by atoms with van der Waals surface area (Å²) in [4.78, 5) is 22.5. The fraction of sp³-hybridized carbons (Fsp3) is 0.0476. The van der Waals surface area contributed by atoms with Gasteiger partial charge < -0.3 is 14.6 Å². The zero-order valence-corrected chi connectivity index (χ0v) is 15.8. The number of nitrogens with one attached hydrogen (secondary N) is 1. The average molecular weight is 407 g/mol. The van der Waals surface area contributed by atoms with Crippen LogP contribution >= 0.6 is 0 Å². The van der Waals surface area contributed by atoms with Crippen LogP contribution in [0.4, 0.5) is 11.4 Å². The number of para-hydroxylation sites is 1. The monoisotopic (exact) mass is 407 g/mol. The highest BCUT2D eigenvalue weighted by molar-refractivity contribution is 5.94. The Kier molecular flexibility index (Phi) is 6.23. The molecule has 0 saturated carbocycles. The number of hydrazone groups is 1. The molecule has 3 aromatic rings. The van der Waals surface area contributed by atoms with E-state index < -0.39 is 10.9 Å². The fourth-order valence-electron chi connectivity index (χ4n) is 2.51. The van der Waals surface area contributed by atoms with Crippen LogP contribution in [0.5, 0.6) is 17.2 Å². The number of nitro groups is 1. The van der Waals surface area contributed by atoms with Gasteiger partial charge in [-0.2, -0.15) is 5.10 Å². The molecule has 30 heavy (non-hydrogen) atoms. The van der Waals surface area contributed by atoms with Crippen LogP contribution in [0, 0.1) is 10.1 Å². The van der Waals surface area contributed by atoms with Gasteiger partial charge >= 0.3 is 5.97 Å². The number of carbonyl (C=O) groups excluding carboxylic acids is 1. The minimum Gasteiger partial charge on any atom is -0.504 e. The van der Waals surface area contributed by atoms with E-state index in [-0.39, 0.29) is 22.7 Å². The smallest absolute Gasteiger partial charge is 0.347 e. The lowest BCUT2D eigenvalue weighted by molar-refractivity contribution is -0.384. The first-order valence-corrected chi connectivity index (χ1v) is 8.69. The Morgan fingerprint density at radius 3 is 2.50 bits per heavy atom. The van der Waals surface area contributed by atoms with Crippen molar-refractivity contribution in [3.63, 3.8) is 0 Å². The average Bonchev–Trinajstić information content (AvgIpc) is 2.75. The number of esters is 1. The van der Waals surface area contributed by atoms with Crippen molar-refractivity contribution in [2.45, 2.75) is 0 Å². The number of methoxy groups -OCH3 is 1. The van der Waals surface area contributed by atoms with E-state index in [1.807, 2.05) is 0 Å². The quantitative estimate of drug-likeness (QED) is 0.200. The molecule has 152 valence electrons. The standard InChI is InChI=1S/C21H17N3O6/c1-29-19-5-3-2-4-17(19)21(26)30-20-11-6-14(12-18(20)25)13-22-23-15-7-9-16(10-8-15)24(27)28/h2-13,23,25H,1H3. The predicted molar refractivity (Wildman–Crippen MR) is 110 cm³/mol. The Balaban J connectivity index is 1.65. The normalized spacial score (nSPS) is 10.6. The van der Waals surface area contributed by atoms with Crippen LogP contribution in [-0.4, -0.2) is 29.3 Å². The number of rotatable bonds is 7. The number of carbonyl (C=O) groups is 1. The third-order valence-electron chi connectivity index (χ3n) is 4.00. The molecule has 0 aliphatic carbocycles. The zero-order chi connectivity index (χ0) is 21.5. The molecule has 9 nitrogen and oxygen atoms in total. The minimum absolute atomic E-state index is 0.00798.